The van der Waals surface area contributed by atoms with Gasteiger partial charge in [-0.2, -0.15) is 0 Å². The Morgan fingerprint density at radius 1 is 1.36 bits per heavy atom. The zero-order valence-corrected chi connectivity index (χ0v) is 11.7. The SMILES string of the molecule is O=C(COc1ccccc1[N+](=O)[O-])N[C@H]1CCC[C@H]1C(=O)O. The molecule has 22 heavy (non-hydrogen) atoms. The summed E-state index contributed by atoms with van der Waals surface area (Å²) in [5.74, 6) is -2.00. The molecule has 1 aromatic rings. The van der Waals surface area contributed by atoms with Crippen LogP contribution in [0, 0.1) is 16.0 Å². The van der Waals surface area contributed by atoms with Gasteiger partial charge in [0, 0.05) is 12.1 Å². The van der Waals surface area contributed by atoms with Crippen LogP contribution in [0.1, 0.15) is 19.3 Å². The number of amides is 1. The van der Waals surface area contributed by atoms with Gasteiger partial charge in [0.05, 0.1) is 10.8 Å². The second kappa shape index (κ2) is 6.88. The van der Waals surface area contributed by atoms with Crippen LogP contribution in [0.5, 0.6) is 5.75 Å². The number of aliphatic carboxylic acids is 1. The second-order valence-corrected chi connectivity index (χ2v) is 5.06. The minimum atomic E-state index is -0.928. The van der Waals surface area contributed by atoms with Gasteiger partial charge in [0.25, 0.3) is 5.91 Å². The lowest BCUT2D eigenvalue weighted by atomic mass is 10.0. The third-order valence-electron chi connectivity index (χ3n) is 3.60. The van der Waals surface area contributed by atoms with E-state index in [-0.39, 0.29) is 11.4 Å². The topological polar surface area (TPSA) is 119 Å². The lowest BCUT2D eigenvalue weighted by Gasteiger charge is -2.17. The van der Waals surface area contributed by atoms with Crippen molar-refractivity contribution in [1.29, 1.82) is 0 Å². The van der Waals surface area contributed by atoms with Crippen molar-refractivity contribution in [3.63, 3.8) is 0 Å². The maximum Gasteiger partial charge on any atom is 0.310 e. The smallest absolute Gasteiger partial charge is 0.310 e. The van der Waals surface area contributed by atoms with Crippen LogP contribution >= 0.6 is 0 Å². The van der Waals surface area contributed by atoms with Crippen LogP contribution in [-0.2, 0) is 9.59 Å². The van der Waals surface area contributed by atoms with Crippen molar-refractivity contribution in [3.05, 3.63) is 34.4 Å². The fourth-order valence-corrected chi connectivity index (χ4v) is 2.55. The first-order valence-corrected chi connectivity index (χ1v) is 6.87. The molecule has 0 radical (unpaired) electrons. The summed E-state index contributed by atoms with van der Waals surface area (Å²) in [6.07, 6.45) is 1.88. The van der Waals surface area contributed by atoms with Crippen molar-refractivity contribution in [2.75, 3.05) is 6.61 Å². The number of nitrogens with zero attached hydrogens (tertiary/aromatic N) is 1. The van der Waals surface area contributed by atoms with Gasteiger partial charge in [-0.15, -0.1) is 0 Å². The number of nitrogens with one attached hydrogen (secondary N) is 1. The predicted molar refractivity (Wildman–Crippen MR) is 75.5 cm³/mol. The van der Waals surface area contributed by atoms with Crippen LogP contribution in [0.2, 0.25) is 0 Å². The van der Waals surface area contributed by atoms with Crippen LogP contribution in [0.25, 0.3) is 0 Å². The molecule has 2 rings (SSSR count). The maximum absolute atomic E-state index is 11.8. The molecule has 1 aliphatic rings. The number of hydrogen-bond donors (Lipinski definition) is 2. The third kappa shape index (κ3) is 3.72. The minimum Gasteiger partial charge on any atom is -0.481 e. The molecule has 1 aromatic carbocycles. The number of rotatable bonds is 6. The fourth-order valence-electron chi connectivity index (χ4n) is 2.55. The molecule has 1 amide bonds. The zero-order chi connectivity index (χ0) is 16.1. The van der Waals surface area contributed by atoms with Crippen molar-refractivity contribution in [3.8, 4) is 5.75 Å². The van der Waals surface area contributed by atoms with Crippen molar-refractivity contribution < 1.29 is 24.4 Å². The lowest BCUT2D eigenvalue weighted by molar-refractivity contribution is -0.385. The van der Waals surface area contributed by atoms with Crippen LogP contribution in [0.3, 0.4) is 0 Å². The average Bonchev–Trinajstić information content (AvgIpc) is 2.93. The summed E-state index contributed by atoms with van der Waals surface area (Å²) >= 11 is 0. The zero-order valence-electron chi connectivity index (χ0n) is 11.7. The van der Waals surface area contributed by atoms with Crippen LogP contribution in [0.15, 0.2) is 24.3 Å². The third-order valence-corrected chi connectivity index (χ3v) is 3.60. The highest BCUT2D eigenvalue weighted by Gasteiger charge is 2.33. The van der Waals surface area contributed by atoms with Gasteiger partial charge in [-0.25, -0.2) is 0 Å². The van der Waals surface area contributed by atoms with Crippen molar-refractivity contribution in [1.82, 2.24) is 5.32 Å². The molecule has 0 saturated heterocycles. The summed E-state index contributed by atoms with van der Waals surface area (Å²) in [6.45, 7) is -0.395. The van der Waals surface area contributed by atoms with Gasteiger partial charge >= 0.3 is 11.7 Å². The number of carbonyl (C=O) groups excluding carboxylic acids is 1. The molecular weight excluding hydrogens is 292 g/mol. The second-order valence-electron chi connectivity index (χ2n) is 5.06. The normalized spacial score (nSPS) is 20.4. The molecule has 1 aliphatic carbocycles. The van der Waals surface area contributed by atoms with E-state index in [1.54, 1.807) is 6.07 Å². The van der Waals surface area contributed by atoms with E-state index in [2.05, 4.69) is 5.32 Å². The molecule has 2 N–H and O–H groups in total. The van der Waals surface area contributed by atoms with Crippen molar-refractivity contribution in [2.45, 2.75) is 25.3 Å². The first kappa shape index (κ1) is 15.7. The minimum absolute atomic E-state index is 0.00357. The highest BCUT2D eigenvalue weighted by Crippen LogP contribution is 2.27. The van der Waals surface area contributed by atoms with Crippen molar-refractivity contribution in [2.24, 2.45) is 5.92 Å². The molecule has 1 fully saturated rings. The number of carbonyl (C=O) groups is 2. The highest BCUT2D eigenvalue weighted by molar-refractivity contribution is 5.79. The molecule has 1 saturated carbocycles. The van der Waals surface area contributed by atoms with E-state index >= 15 is 0 Å². The van der Waals surface area contributed by atoms with Gasteiger partial charge in [0.2, 0.25) is 0 Å². The predicted octanol–water partition coefficient (Wildman–Crippen LogP) is 1.34. The summed E-state index contributed by atoms with van der Waals surface area (Å²) in [4.78, 5) is 33.1. The molecule has 0 aromatic heterocycles. The largest absolute Gasteiger partial charge is 0.481 e. The van der Waals surface area contributed by atoms with Gasteiger partial charge in [-0.05, 0) is 18.9 Å². The Bertz CT molecular complexity index is 588. The summed E-state index contributed by atoms with van der Waals surface area (Å²) in [7, 11) is 0. The summed E-state index contributed by atoms with van der Waals surface area (Å²) in [5, 5.41) is 22.5. The molecule has 0 unspecified atom stereocenters. The molecule has 8 nitrogen and oxygen atoms in total. The Balaban J connectivity index is 1.91. The summed E-state index contributed by atoms with van der Waals surface area (Å²) in [6, 6.07) is 5.34. The van der Waals surface area contributed by atoms with E-state index in [1.165, 1.54) is 18.2 Å². The number of nitro groups is 1. The standard InChI is InChI=1S/C14H16N2O6/c17-13(15-10-5-3-4-9(10)14(18)19)8-22-12-7-2-1-6-11(12)16(20)21/h1-2,6-7,9-10H,3-5,8H2,(H,15,17)(H,18,19)/t9-,10+/m1/s1. The van der Waals surface area contributed by atoms with Crippen LogP contribution < -0.4 is 10.1 Å². The monoisotopic (exact) mass is 308 g/mol. The van der Waals surface area contributed by atoms with Gasteiger partial charge < -0.3 is 15.2 Å². The number of para-hydroxylation sites is 2. The molecule has 118 valence electrons. The Labute approximate surface area is 126 Å². The van der Waals surface area contributed by atoms with Crippen molar-refractivity contribution >= 4 is 17.6 Å². The Kier molecular flexibility index (Phi) is 4.92. The summed E-state index contributed by atoms with van der Waals surface area (Å²) < 4.78 is 5.17. The first-order chi connectivity index (χ1) is 10.5. The Hall–Kier alpha value is -2.64. The average molecular weight is 308 g/mol. The van der Waals surface area contributed by atoms with Gasteiger partial charge in [0.15, 0.2) is 12.4 Å². The molecular formula is C14H16N2O6. The van der Waals surface area contributed by atoms with E-state index < -0.39 is 35.4 Å². The number of benzene rings is 1. The Morgan fingerprint density at radius 3 is 2.77 bits per heavy atom. The maximum atomic E-state index is 11.8. The molecule has 2 atom stereocenters. The van der Waals surface area contributed by atoms with E-state index in [9.17, 15) is 19.7 Å². The number of hydrogen-bond acceptors (Lipinski definition) is 5. The molecule has 0 heterocycles. The highest BCUT2D eigenvalue weighted by atomic mass is 16.6. The van der Waals surface area contributed by atoms with E-state index in [4.69, 9.17) is 9.84 Å². The number of carboxylic acids is 1. The summed E-state index contributed by atoms with van der Waals surface area (Å²) in [5.41, 5.74) is -0.223. The number of nitro benzene ring substituents is 1. The van der Waals surface area contributed by atoms with Gasteiger partial charge in [-0.1, -0.05) is 18.6 Å². The molecule has 0 aliphatic heterocycles. The van der Waals surface area contributed by atoms with E-state index in [0.717, 1.165) is 6.42 Å². The first-order valence-electron chi connectivity index (χ1n) is 6.87. The van der Waals surface area contributed by atoms with Gasteiger partial charge in [0.1, 0.15) is 0 Å². The van der Waals surface area contributed by atoms with E-state index in [1.807, 2.05) is 0 Å². The van der Waals surface area contributed by atoms with Crippen LogP contribution in [-0.4, -0.2) is 34.6 Å². The quantitative estimate of drug-likeness (QED) is 0.604. The van der Waals surface area contributed by atoms with Crippen LogP contribution in [0.4, 0.5) is 5.69 Å². The lowest BCUT2D eigenvalue weighted by Crippen LogP contribution is -2.42. The number of carboxylic acid groups (broad SMARTS) is 1. The fraction of sp³-hybridized carbons (Fsp3) is 0.429. The molecule has 8 heteroatoms. The van der Waals surface area contributed by atoms with Gasteiger partial charge in [-0.3, -0.25) is 19.7 Å². The van der Waals surface area contributed by atoms with E-state index in [0.29, 0.717) is 12.8 Å². The number of ether oxygens (including phenoxy) is 1. The Morgan fingerprint density at radius 2 is 2.09 bits per heavy atom. The molecule has 0 spiro atoms. The molecule has 0 bridgehead atoms.